The predicted molar refractivity (Wildman–Crippen MR) is 87.0 cm³/mol. The number of nitrogens with one attached hydrogen (secondary N) is 1. The lowest BCUT2D eigenvalue weighted by molar-refractivity contribution is 0.413. The molecule has 0 amide bonds. The molecule has 4 heteroatoms. The van der Waals surface area contributed by atoms with Crippen molar-refractivity contribution in [3.8, 4) is 17.0 Å². The highest BCUT2D eigenvalue weighted by atomic mass is 16.5. The first-order chi connectivity index (χ1) is 10.1. The van der Waals surface area contributed by atoms with Crippen molar-refractivity contribution in [2.45, 2.75) is 34.1 Å². The molecule has 21 heavy (non-hydrogen) atoms. The number of rotatable bonds is 5. The highest BCUT2D eigenvalue weighted by Gasteiger charge is 2.13. The molecular formula is C17H23N3O. The van der Waals surface area contributed by atoms with Crippen LogP contribution in [-0.4, -0.2) is 23.6 Å². The van der Waals surface area contributed by atoms with Crippen molar-refractivity contribution < 1.29 is 4.74 Å². The minimum atomic E-state index is 0.673. The fourth-order valence-corrected chi connectivity index (χ4v) is 2.28. The van der Waals surface area contributed by atoms with E-state index in [4.69, 9.17) is 4.74 Å². The summed E-state index contributed by atoms with van der Waals surface area (Å²) in [5.41, 5.74) is 5.20. The molecule has 1 heterocycles. The van der Waals surface area contributed by atoms with Gasteiger partial charge in [0.05, 0.1) is 12.8 Å². The Morgan fingerprint density at radius 3 is 2.57 bits per heavy atom. The Morgan fingerprint density at radius 2 is 1.90 bits per heavy atom. The third kappa shape index (κ3) is 3.32. The highest BCUT2D eigenvalue weighted by Crippen LogP contribution is 2.34. The zero-order chi connectivity index (χ0) is 15.4. The summed E-state index contributed by atoms with van der Waals surface area (Å²) in [6, 6.07) is 6.15. The topological polar surface area (TPSA) is 47.0 Å². The molecule has 0 saturated heterocycles. The summed E-state index contributed by atoms with van der Waals surface area (Å²) in [7, 11) is 1.70. The molecule has 0 radical (unpaired) electrons. The zero-order valence-corrected chi connectivity index (χ0v) is 13.4. The van der Waals surface area contributed by atoms with Crippen molar-refractivity contribution in [3.63, 3.8) is 0 Å². The second kappa shape index (κ2) is 6.57. The van der Waals surface area contributed by atoms with Gasteiger partial charge in [0.15, 0.2) is 0 Å². The van der Waals surface area contributed by atoms with Crippen molar-refractivity contribution in [3.05, 3.63) is 35.0 Å². The van der Waals surface area contributed by atoms with E-state index in [1.54, 1.807) is 7.11 Å². The van der Waals surface area contributed by atoms with Gasteiger partial charge in [-0.05, 0) is 50.5 Å². The minimum Gasteiger partial charge on any atom is -0.496 e. The average Bonchev–Trinajstić information content (AvgIpc) is 2.47. The Labute approximate surface area is 126 Å². The van der Waals surface area contributed by atoms with Crippen molar-refractivity contribution in [1.29, 1.82) is 0 Å². The largest absolute Gasteiger partial charge is 0.496 e. The van der Waals surface area contributed by atoms with E-state index in [1.807, 2.05) is 13.0 Å². The van der Waals surface area contributed by atoms with Crippen molar-refractivity contribution in [2.75, 3.05) is 19.0 Å². The average molecular weight is 285 g/mol. The van der Waals surface area contributed by atoms with Crippen molar-refractivity contribution >= 4 is 5.95 Å². The minimum absolute atomic E-state index is 0.673. The summed E-state index contributed by atoms with van der Waals surface area (Å²) in [6.45, 7) is 9.13. The normalized spacial score (nSPS) is 10.5. The summed E-state index contributed by atoms with van der Waals surface area (Å²) in [4.78, 5) is 9.05. The molecule has 1 N–H and O–H groups in total. The van der Waals surface area contributed by atoms with Crippen molar-refractivity contribution in [2.24, 2.45) is 0 Å². The van der Waals surface area contributed by atoms with Gasteiger partial charge < -0.3 is 10.1 Å². The van der Waals surface area contributed by atoms with Crippen LogP contribution in [0.25, 0.3) is 11.3 Å². The lowest BCUT2D eigenvalue weighted by atomic mass is 10.0. The first-order valence-electron chi connectivity index (χ1n) is 7.31. The SMILES string of the molecule is CCCNc1nc(C)cc(-c2ccc(C)c(C)c2OC)n1. The maximum Gasteiger partial charge on any atom is 0.223 e. The Morgan fingerprint density at radius 1 is 1.14 bits per heavy atom. The summed E-state index contributed by atoms with van der Waals surface area (Å²) < 4.78 is 5.59. The maximum absolute atomic E-state index is 5.59. The number of nitrogens with zero attached hydrogens (tertiary/aromatic N) is 2. The fourth-order valence-electron chi connectivity index (χ4n) is 2.28. The number of hydrogen-bond donors (Lipinski definition) is 1. The second-order valence-electron chi connectivity index (χ2n) is 5.23. The molecule has 0 fully saturated rings. The third-order valence-electron chi connectivity index (χ3n) is 3.54. The van der Waals surface area contributed by atoms with Crippen molar-refractivity contribution in [1.82, 2.24) is 9.97 Å². The highest BCUT2D eigenvalue weighted by molar-refractivity contribution is 5.71. The summed E-state index contributed by atoms with van der Waals surface area (Å²) >= 11 is 0. The van der Waals surface area contributed by atoms with E-state index in [1.165, 1.54) is 5.56 Å². The number of aryl methyl sites for hydroxylation is 2. The van der Waals surface area contributed by atoms with Crippen LogP contribution in [0, 0.1) is 20.8 Å². The quantitative estimate of drug-likeness (QED) is 0.905. The van der Waals surface area contributed by atoms with E-state index in [0.717, 1.165) is 41.2 Å². The van der Waals surface area contributed by atoms with Gasteiger partial charge in [-0.1, -0.05) is 13.0 Å². The van der Waals surface area contributed by atoms with Gasteiger partial charge in [-0.2, -0.15) is 0 Å². The van der Waals surface area contributed by atoms with Crippen LogP contribution in [0.1, 0.15) is 30.2 Å². The monoisotopic (exact) mass is 285 g/mol. The molecule has 2 aromatic rings. The van der Waals surface area contributed by atoms with E-state index >= 15 is 0 Å². The van der Waals surface area contributed by atoms with E-state index in [2.05, 4.69) is 48.2 Å². The van der Waals surface area contributed by atoms with Crippen LogP contribution in [-0.2, 0) is 0 Å². The Kier molecular flexibility index (Phi) is 4.78. The molecule has 0 spiro atoms. The molecule has 0 saturated carbocycles. The van der Waals surface area contributed by atoms with Crippen LogP contribution >= 0.6 is 0 Å². The van der Waals surface area contributed by atoms with Crippen LogP contribution in [0.5, 0.6) is 5.75 Å². The third-order valence-corrected chi connectivity index (χ3v) is 3.54. The van der Waals surface area contributed by atoms with Crippen LogP contribution in [0.2, 0.25) is 0 Å². The molecule has 2 rings (SSSR count). The first-order valence-corrected chi connectivity index (χ1v) is 7.31. The lowest BCUT2D eigenvalue weighted by Gasteiger charge is -2.14. The van der Waals surface area contributed by atoms with Crippen LogP contribution in [0.3, 0.4) is 0 Å². The van der Waals surface area contributed by atoms with Gasteiger partial charge in [0, 0.05) is 17.8 Å². The molecule has 4 nitrogen and oxygen atoms in total. The molecular weight excluding hydrogens is 262 g/mol. The van der Waals surface area contributed by atoms with Gasteiger partial charge in [-0.25, -0.2) is 9.97 Å². The van der Waals surface area contributed by atoms with Gasteiger partial charge in [-0.15, -0.1) is 0 Å². The number of hydrogen-bond acceptors (Lipinski definition) is 4. The smallest absolute Gasteiger partial charge is 0.223 e. The van der Waals surface area contributed by atoms with E-state index in [9.17, 15) is 0 Å². The van der Waals surface area contributed by atoms with Gasteiger partial charge >= 0.3 is 0 Å². The van der Waals surface area contributed by atoms with Crippen LogP contribution in [0.4, 0.5) is 5.95 Å². The number of ether oxygens (including phenoxy) is 1. The molecule has 0 aliphatic carbocycles. The number of benzene rings is 1. The molecule has 112 valence electrons. The van der Waals surface area contributed by atoms with Gasteiger partial charge in [0.1, 0.15) is 5.75 Å². The summed E-state index contributed by atoms with van der Waals surface area (Å²) in [5.74, 6) is 1.56. The standard InChI is InChI=1S/C17H23N3O/c1-6-9-18-17-19-12(3)10-15(20-17)14-8-7-11(2)13(4)16(14)21-5/h7-8,10H,6,9H2,1-5H3,(H,18,19,20). The molecule has 0 aliphatic heterocycles. The Hall–Kier alpha value is -2.10. The zero-order valence-electron chi connectivity index (χ0n) is 13.4. The summed E-state index contributed by atoms with van der Waals surface area (Å²) in [5, 5.41) is 3.25. The maximum atomic E-state index is 5.59. The summed E-state index contributed by atoms with van der Waals surface area (Å²) in [6.07, 6.45) is 1.04. The molecule has 1 aromatic carbocycles. The van der Waals surface area contributed by atoms with E-state index in [0.29, 0.717) is 5.95 Å². The number of aromatic nitrogens is 2. The number of methoxy groups -OCH3 is 1. The van der Waals surface area contributed by atoms with Gasteiger partial charge in [-0.3, -0.25) is 0 Å². The van der Waals surface area contributed by atoms with Crippen LogP contribution < -0.4 is 10.1 Å². The first kappa shape index (κ1) is 15.3. The molecule has 0 bridgehead atoms. The van der Waals surface area contributed by atoms with Gasteiger partial charge in [0.2, 0.25) is 5.95 Å². The van der Waals surface area contributed by atoms with E-state index in [-0.39, 0.29) is 0 Å². The fraction of sp³-hybridized carbons (Fsp3) is 0.412. The Balaban J connectivity index is 2.51. The predicted octanol–water partition coefficient (Wildman–Crippen LogP) is 3.90. The molecule has 1 aromatic heterocycles. The number of anilines is 1. The molecule has 0 atom stereocenters. The molecule has 0 aliphatic rings. The lowest BCUT2D eigenvalue weighted by Crippen LogP contribution is -2.06. The Bertz CT molecular complexity index is 638. The second-order valence-corrected chi connectivity index (χ2v) is 5.23. The van der Waals surface area contributed by atoms with Crippen LogP contribution in [0.15, 0.2) is 18.2 Å². The van der Waals surface area contributed by atoms with Gasteiger partial charge in [0.25, 0.3) is 0 Å². The molecule has 0 unspecified atom stereocenters. The van der Waals surface area contributed by atoms with E-state index < -0.39 is 0 Å².